The molecule has 1 aliphatic carbocycles. The highest BCUT2D eigenvalue weighted by Gasteiger charge is 2.37. The van der Waals surface area contributed by atoms with Gasteiger partial charge in [0.25, 0.3) is 0 Å². The molecule has 1 aromatic rings. The Bertz CT molecular complexity index is 309. The third-order valence-corrected chi connectivity index (χ3v) is 2.90. The van der Waals surface area contributed by atoms with Gasteiger partial charge in [-0.3, -0.25) is 0 Å². The van der Waals surface area contributed by atoms with E-state index in [0.717, 1.165) is 11.0 Å². The summed E-state index contributed by atoms with van der Waals surface area (Å²) in [6.45, 7) is 2.20. The van der Waals surface area contributed by atoms with E-state index in [0.29, 0.717) is 0 Å². The largest absolute Gasteiger partial charge is 0.349 e. The van der Waals surface area contributed by atoms with E-state index in [1.165, 1.54) is 12.8 Å². The summed E-state index contributed by atoms with van der Waals surface area (Å²) in [5.41, 5.74) is 0.261. The highest BCUT2D eigenvalue weighted by atomic mass is 32.2. The Morgan fingerprint density at radius 1 is 1.54 bits per heavy atom. The van der Waals surface area contributed by atoms with Crippen molar-refractivity contribution in [3.05, 3.63) is 12.3 Å². The average Bonchev–Trinajstić information content (AvgIpc) is 2.84. The maximum atomic E-state index is 4.36. The van der Waals surface area contributed by atoms with Crippen LogP contribution in [0.5, 0.6) is 0 Å². The number of thioether (sulfide) groups is 1. The van der Waals surface area contributed by atoms with Gasteiger partial charge in [0.05, 0.1) is 0 Å². The number of nitrogens with zero attached hydrogens (tertiary/aromatic N) is 2. The first-order chi connectivity index (χ1) is 6.22. The number of aromatic nitrogens is 2. The first kappa shape index (κ1) is 8.81. The molecule has 0 atom stereocenters. The van der Waals surface area contributed by atoms with E-state index in [-0.39, 0.29) is 5.54 Å². The molecule has 70 valence electrons. The summed E-state index contributed by atoms with van der Waals surface area (Å²) in [6.07, 6.45) is 6.26. The summed E-state index contributed by atoms with van der Waals surface area (Å²) in [5.74, 6) is 0.756. The Balaban J connectivity index is 2.11. The summed E-state index contributed by atoms with van der Waals surface area (Å²) >= 11 is 1.64. The van der Waals surface area contributed by atoms with Crippen LogP contribution in [0, 0.1) is 0 Å². The molecule has 1 aliphatic rings. The molecule has 1 aromatic heterocycles. The van der Waals surface area contributed by atoms with E-state index in [1.54, 1.807) is 18.0 Å². The van der Waals surface area contributed by atoms with Gasteiger partial charge in [-0.05, 0) is 32.1 Å². The molecule has 4 heteroatoms. The lowest BCUT2D eigenvalue weighted by Gasteiger charge is -2.10. The van der Waals surface area contributed by atoms with Crippen LogP contribution in [0.4, 0.5) is 5.95 Å². The van der Waals surface area contributed by atoms with Crippen LogP contribution in [0.15, 0.2) is 17.3 Å². The molecule has 2 rings (SSSR count). The molecule has 0 bridgehead atoms. The van der Waals surface area contributed by atoms with Crippen LogP contribution < -0.4 is 5.32 Å². The van der Waals surface area contributed by atoms with E-state index in [1.807, 2.05) is 12.3 Å². The van der Waals surface area contributed by atoms with Crippen LogP contribution in [0.2, 0.25) is 0 Å². The number of anilines is 1. The highest BCUT2D eigenvalue weighted by molar-refractivity contribution is 7.98. The standard InChI is InChI=1S/C9H13N3S/c1-9(4-5-9)12-8-10-6-3-7(11-8)13-2/h3,6H,4-5H2,1-2H3,(H,10,11,12). The molecule has 3 nitrogen and oxygen atoms in total. The third kappa shape index (κ3) is 2.12. The number of hydrogen-bond acceptors (Lipinski definition) is 4. The summed E-state index contributed by atoms with van der Waals surface area (Å²) in [7, 11) is 0. The first-order valence-electron chi connectivity index (χ1n) is 4.37. The Morgan fingerprint density at radius 3 is 2.92 bits per heavy atom. The van der Waals surface area contributed by atoms with Crippen molar-refractivity contribution in [2.24, 2.45) is 0 Å². The van der Waals surface area contributed by atoms with E-state index >= 15 is 0 Å². The Kier molecular flexibility index (Phi) is 2.15. The fourth-order valence-electron chi connectivity index (χ4n) is 1.10. The number of rotatable bonds is 3. The molecule has 1 N–H and O–H groups in total. The van der Waals surface area contributed by atoms with E-state index < -0.39 is 0 Å². The summed E-state index contributed by atoms with van der Waals surface area (Å²) in [5, 5.41) is 4.35. The van der Waals surface area contributed by atoms with Gasteiger partial charge in [-0.1, -0.05) is 0 Å². The van der Waals surface area contributed by atoms with Gasteiger partial charge in [0.1, 0.15) is 5.03 Å². The van der Waals surface area contributed by atoms with E-state index in [2.05, 4.69) is 22.2 Å². The zero-order valence-corrected chi connectivity index (χ0v) is 8.69. The Labute approximate surface area is 82.4 Å². The molecule has 13 heavy (non-hydrogen) atoms. The summed E-state index contributed by atoms with van der Waals surface area (Å²) < 4.78 is 0. The first-order valence-corrected chi connectivity index (χ1v) is 5.60. The minimum absolute atomic E-state index is 0.261. The van der Waals surface area contributed by atoms with Gasteiger partial charge >= 0.3 is 0 Å². The van der Waals surface area contributed by atoms with Crippen LogP contribution >= 0.6 is 11.8 Å². The van der Waals surface area contributed by atoms with Gasteiger partial charge in [-0.25, -0.2) is 9.97 Å². The van der Waals surface area contributed by atoms with Crippen molar-refractivity contribution in [3.8, 4) is 0 Å². The van der Waals surface area contributed by atoms with Gasteiger partial charge < -0.3 is 5.32 Å². The molecule has 1 saturated carbocycles. The van der Waals surface area contributed by atoms with Gasteiger partial charge in [-0.2, -0.15) is 0 Å². The lowest BCUT2D eigenvalue weighted by atomic mass is 10.3. The normalized spacial score (nSPS) is 18.3. The Hall–Kier alpha value is -0.770. The van der Waals surface area contributed by atoms with Crippen LogP contribution in [-0.2, 0) is 0 Å². The molecule has 0 spiro atoms. The number of nitrogens with one attached hydrogen (secondary N) is 1. The van der Waals surface area contributed by atoms with Crippen LogP contribution in [0.3, 0.4) is 0 Å². The minimum atomic E-state index is 0.261. The van der Waals surface area contributed by atoms with Crippen molar-refractivity contribution in [2.75, 3.05) is 11.6 Å². The highest BCUT2D eigenvalue weighted by Crippen LogP contribution is 2.37. The lowest BCUT2D eigenvalue weighted by Crippen LogP contribution is -2.17. The van der Waals surface area contributed by atoms with Gasteiger partial charge in [0.15, 0.2) is 0 Å². The molecule has 0 aromatic carbocycles. The van der Waals surface area contributed by atoms with E-state index in [9.17, 15) is 0 Å². The van der Waals surface area contributed by atoms with Crippen LogP contribution in [0.25, 0.3) is 0 Å². The van der Waals surface area contributed by atoms with E-state index in [4.69, 9.17) is 0 Å². The smallest absolute Gasteiger partial charge is 0.224 e. The summed E-state index contributed by atoms with van der Waals surface area (Å²) in [6, 6.07) is 1.92. The molecule has 1 fully saturated rings. The van der Waals surface area contributed by atoms with Crippen LogP contribution in [-0.4, -0.2) is 21.8 Å². The van der Waals surface area contributed by atoms with Crippen molar-refractivity contribution in [2.45, 2.75) is 30.3 Å². The Morgan fingerprint density at radius 2 is 2.31 bits per heavy atom. The molecular formula is C9H13N3S. The van der Waals surface area contributed by atoms with Gasteiger partial charge in [0, 0.05) is 11.7 Å². The second-order valence-electron chi connectivity index (χ2n) is 3.61. The monoisotopic (exact) mass is 195 g/mol. The van der Waals surface area contributed by atoms with Crippen molar-refractivity contribution in [1.82, 2.24) is 9.97 Å². The lowest BCUT2D eigenvalue weighted by molar-refractivity contribution is 0.803. The predicted molar refractivity (Wildman–Crippen MR) is 55.1 cm³/mol. The molecule has 0 amide bonds. The molecule has 0 saturated heterocycles. The SMILES string of the molecule is CSc1ccnc(NC2(C)CC2)n1. The summed E-state index contributed by atoms with van der Waals surface area (Å²) in [4.78, 5) is 8.53. The van der Waals surface area contributed by atoms with Gasteiger partial charge in [0.2, 0.25) is 5.95 Å². The molecule has 0 unspecified atom stereocenters. The topological polar surface area (TPSA) is 37.8 Å². The van der Waals surface area contributed by atoms with Crippen molar-refractivity contribution < 1.29 is 0 Å². The molecule has 0 aliphatic heterocycles. The average molecular weight is 195 g/mol. The zero-order valence-electron chi connectivity index (χ0n) is 7.87. The maximum Gasteiger partial charge on any atom is 0.224 e. The second-order valence-corrected chi connectivity index (χ2v) is 4.43. The van der Waals surface area contributed by atoms with Crippen molar-refractivity contribution in [1.29, 1.82) is 0 Å². The zero-order chi connectivity index (χ0) is 9.31. The molecule has 0 radical (unpaired) electrons. The van der Waals surface area contributed by atoms with Gasteiger partial charge in [-0.15, -0.1) is 11.8 Å². The fourth-order valence-corrected chi connectivity index (χ4v) is 1.47. The minimum Gasteiger partial charge on any atom is -0.349 e. The maximum absolute atomic E-state index is 4.36. The number of hydrogen-bond donors (Lipinski definition) is 1. The quantitative estimate of drug-likeness (QED) is 0.592. The van der Waals surface area contributed by atoms with Crippen molar-refractivity contribution >= 4 is 17.7 Å². The third-order valence-electron chi connectivity index (χ3n) is 2.25. The fraction of sp³-hybridized carbons (Fsp3) is 0.556. The van der Waals surface area contributed by atoms with Crippen LogP contribution in [0.1, 0.15) is 19.8 Å². The molecular weight excluding hydrogens is 182 g/mol. The predicted octanol–water partition coefficient (Wildman–Crippen LogP) is 2.16. The van der Waals surface area contributed by atoms with Crippen molar-refractivity contribution in [3.63, 3.8) is 0 Å². The molecule has 1 heterocycles. The second kappa shape index (κ2) is 3.18.